The summed E-state index contributed by atoms with van der Waals surface area (Å²) in [6.45, 7) is 4.11. The molecule has 0 N–H and O–H groups in total. The zero-order chi connectivity index (χ0) is 11.5. The molecular weight excluding hydrogens is 411 g/mol. The molecule has 0 saturated heterocycles. The first-order chi connectivity index (χ1) is 7.66. The second-order valence-corrected chi connectivity index (χ2v) is 6.49. The summed E-state index contributed by atoms with van der Waals surface area (Å²) in [5.41, 5.74) is 2.30. The molecule has 0 aliphatic rings. The van der Waals surface area contributed by atoms with Crippen molar-refractivity contribution >= 4 is 45.5 Å². The van der Waals surface area contributed by atoms with E-state index in [2.05, 4.69) is 29.0 Å². The number of benzene rings is 1. The number of hydrogen-bond acceptors (Lipinski definition) is 3. The van der Waals surface area contributed by atoms with Gasteiger partial charge in [-0.05, 0) is 0 Å². The molecule has 0 unspecified atom stereocenters. The Morgan fingerprint density at radius 1 is 1.25 bits per heavy atom. The van der Waals surface area contributed by atoms with E-state index in [0.717, 1.165) is 39.9 Å². The van der Waals surface area contributed by atoms with Gasteiger partial charge in [-0.1, -0.05) is 0 Å². The zero-order valence-electron chi connectivity index (χ0n) is 9.19. The van der Waals surface area contributed by atoms with Crippen molar-refractivity contribution in [2.24, 2.45) is 4.99 Å². The molecule has 0 saturated carbocycles. The van der Waals surface area contributed by atoms with Gasteiger partial charge in [-0.2, -0.15) is 0 Å². The van der Waals surface area contributed by atoms with E-state index >= 15 is 0 Å². The fourth-order valence-corrected chi connectivity index (χ4v) is 3.42. The minimum atomic E-state index is 0.879. The third-order valence-corrected chi connectivity index (χ3v) is 4.80. The number of thiazole rings is 1. The number of rotatable bonds is 2. The van der Waals surface area contributed by atoms with Crippen molar-refractivity contribution in [1.82, 2.24) is 4.98 Å². The molecule has 2 rings (SSSR count). The third-order valence-electron chi connectivity index (χ3n) is 2.27. The quantitative estimate of drug-likeness (QED) is 0.540. The molecule has 2 nitrogen and oxygen atoms in total. The monoisotopic (exact) mass is 423 g/mol. The summed E-state index contributed by atoms with van der Waals surface area (Å²) in [4.78, 5) is 10.3. The van der Waals surface area contributed by atoms with Crippen molar-refractivity contribution in [2.45, 2.75) is 13.8 Å². The van der Waals surface area contributed by atoms with E-state index in [1.54, 1.807) is 11.3 Å². The van der Waals surface area contributed by atoms with E-state index in [4.69, 9.17) is 0 Å². The summed E-state index contributed by atoms with van der Waals surface area (Å²) in [6.07, 6.45) is 0. The van der Waals surface area contributed by atoms with Gasteiger partial charge in [0.1, 0.15) is 0 Å². The molecule has 3 radical (unpaired) electrons. The van der Waals surface area contributed by atoms with Gasteiger partial charge < -0.3 is 0 Å². The Morgan fingerprint density at radius 3 is 2.50 bits per heavy atom. The van der Waals surface area contributed by atoms with E-state index in [-0.39, 0.29) is 0 Å². The molecule has 0 aliphatic heterocycles. The Morgan fingerprint density at radius 2 is 1.94 bits per heavy atom. The fourth-order valence-electron chi connectivity index (χ4n) is 1.26. The van der Waals surface area contributed by atoms with Gasteiger partial charge in [0.05, 0.1) is 0 Å². The molecule has 0 aliphatic carbocycles. The summed E-state index contributed by atoms with van der Waals surface area (Å²) in [5, 5.41) is 0.879. The van der Waals surface area contributed by atoms with E-state index < -0.39 is 0 Å². The van der Waals surface area contributed by atoms with Crippen LogP contribution in [0, 0.1) is 13.8 Å². The summed E-state index contributed by atoms with van der Waals surface area (Å²) in [5.74, 6) is 0. The van der Waals surface area contributed by atoms with Crippen molar-refractivity contribution < 1.29 is 0 Å². The summed E-state index contributed by atoms with van der Waals surface area (Å²) < 4.78 is 1.15. The first-order valence-electron chi connectivity index (χ1n) is 4.96. The predicted molar refractivity (Wildman–Crippen MR) is 70.0 cm³/mol. The maximum absolute atomic E-state index is 4.60. The van der Waals surface area contributed by atoms with Gasteiger partial charge in [-0.15, -0.1) is 0 Å². The Kier molecular flexibility index (Phi) is 3.86. The number of aliphatic imine (C=N–C) groups is 1. The van der Waals surface area contributed by atoms with Crippen molar-refractivity contribution in [3.05, 3.63) is 46.5 Å². The molecule has 2 aromatic rings. The van der Waals surface area contributed by atoms with Crippen LogP contribution in [0.1, 0.15) is 16.1 Å². The number of aryl methyl sites for hydroxylation is 2. The van der Waals surface area contributed by atoms with Crippen LogP contribution in [-0.2, 0) is 0 Å². The first kappa shape index (κ1) is 11.9. The molecule has 1 aromatic carbocycles. The van der Waals surface area contributed by atoms with Crippen LogP contribution < -0.4 is 0 Å². The van der Waals surface area contributed by atoms with Gasteiger partial charge in [-0.3, -0.25) is 0 Å². The van der Waals surface area contributed by atoms with Crippen molar-refractivity contribution in [2.75, 3.05) is 0 Å². The second-order valence-electron chi connectivity index (χ2n) is 3.46. The number of aromatic nitrogens is 1. The topological polar surface area (TPSA) is 25.2 Å². The van der Waals surface area contributed by atoms with Gasteiger partial charge in [0.15, 0.2) is 0 Å². The molecule has 0 amide bonds. The minimum absolute atomic E-state index is 0.879. The molecule has 16 heavy (non-hydrogen) atoms. The second kappa shape index (κ2) is 5.18. The average molecular weight is 423 g/mol. The molecule has 0 spiro atoms. The van der Waals surface area contributed by atoms with Crippen molar-refractivity contribution in [3.8, 4) is 0 Å². The van der Waals surface area contributed by atoms with E-state index in [9.17, 15) is 0 Å². The predicted octanol–water partition coefficient (Wildman–Crippen LogP) is 3.01. The Labute approximate surface area is 115 Å². The van der Waals surface area contributed by atoms with Crippen molar-refractivity contribution in [3.63, 3.8) is 0 Å². The molecule has 4 heteroatoms. The number of hydrogen-bond donors (Lipinski definition) is 0. The van der Waals surface area contributed by atoms with Crippen LogP contribution in [0.3, 0.4) is 0 Å². The summed E-state index contributed by atoms with van der Waals surface area (Å²) >= 11 is 2.60. The number of nitrogens with zero attached hydrogens (tertiary/aromatic N) is 2. The molecular formula is C12H11N2PbS. The van der Waals surface area contributed by atoms with Gasteiger partial charge >= 0.3 is 116 Å². The Balaban J connectivity index is 2.31. The average Bonchev–Trinajstić information content (AvgIpc) is 2.59. The van der Waals surface area contributed by atoms with Crippen LogP contribution in [-0.4, -0.2) is 34.0 Å². The van der Waals surface area contributed by atoms with Crippen LogP contribution in [0.25, 0.3) is 0 Å². The molecule has 0 atom stereocenters. The Hall–Kier alpha value is -0.558. The van der Waals surface area contributed by atoms with E-state index in [0.29, 0.717) is 0 Å². The van der Waals surface area contributed by atoms with Crippen LogP contribution >= 0.6 is 11.3 Å². The molecule has 79 valence electrons. The third kappa shape index (κ3) is 2.76. The van der Waals surface area contributed by atoms with Crippen LogP contribution in [0.5, 0.6) is 0 Å². The van der Waals surface area contributed by atoms with Gasteiger partial charge in [0.2, 0.25) is 0 Å². The maximum atomic E-state index is 4.60. The van der Waals surface area contributed by atoms with Crippen LogP contribution in [0.15, 0.2) is 35.3 Å². The van der Waals surface area contributed by atoms with Gasteiger partial charge in [0, 0.05) is 0 Å². The van der Waals surface area contributed by atoms with E-state index in [1.807, 2.05) is 25.1 Å². The van der Waals surface area contributed by atoms with Crippen LogP contribution in [0.2, 0.25) is 0 Å². The molecule has 0 bridgehead atoms. The van der Waals surface area contributed by atoms with E-state index in [1.165, 1.54) is 10.4 Å². The normalized spacial score (nSPS) is 11.8. The van der Waals surface area contributed by atoms with Crippen LogP contribution in [0.4, 0.5) is 5.13 Å². The Bertz CT molecular complexity index is 498. The first-order valence-corrected chi connectivity index (χ1v) is 7.72. The molecule has 0 fully saturated rings. The molecule has 1 heterocycles. The van der Waals surface area contributed by atoms with Gasteiger partial charge in [0.25, 0.3) is 0 Å². The zero-order valence-corrected chi connectivity index (χ0v) is 13.9. The molecule has 1 aromatic heterocycles. The fraction of sp³-hybridized carbons (Fsp3) is 0.167. The SMILES string of the molecule is Cc1nc(/N=[C](\[Pb])c2ccccc2)sc1C. The van der Waals surface area contributed by atoms with Gasteiger partial charge in [-0.25, -0.2) is 0 Å². The summed E-state index contributed by atoms with van der Waals surface area (Å²) in [6, 6.07) is 10.3. The standard InChI is InChI=1S/C12H11N2S.Pb/c1-9-10(2)15-12(14-9)13-8-11-6-4-3-5-7-11;/h3-7H,1-2H3;. The van der Waals surface area contributed by atoms with Crippen molar-refractivity contribution in [1.29, 1.82) is 0 Å². The summed E-state index contributed by atoms with van der Waals surface area (Å²) in [7, 11) is 0.